The highest BCUT2D eigenvalue weighted by Crippen LogP contribution is 2.17. The maximum atomic E-state index is 12.1. The molecule has 1 saturated carbocycles. The summed E-state index contributed by atoms with van der Waals surface area (Å²) in [6.45, 7) is 2.25. The lowest BCUT2D eigenvalue weighted by Gasteiger charge is -2.22. The number of sulfonamides is 1. The molecule has 0 radical (unpaired) electrons. The molecular weight excluding hydrogens is 380 g/mol. The van der Waals surface area contributed by atoms with Crippen molar-refractivity contribution in [3.63, 3.8) is 0 Å². The van der Waals surface area contributed by atoms with Crippen LogP contribution in [-0.4, -0.2) is 32.9 Å². The fourth-order valence-corrected chi connectivity index (χ4v) is 3.79. The van der Waals surface area contributed by atoms with E-state index in [1.54, 1.807) is 12.1 Å². The molecule has 3 amide bonds. The molecule has 1 aliphatic carbocycles. The summed E-state index contributed by atoms with van der Waals surface area (Å²) in [5.74, 6) is -0.127. The number of amides is 3. The minimum Gasteiger partial charge on any atom is -0.350 e. The van der Waals surface area contributed by atoms with E-state index in [4.69, 9.17) is 5.14 Å². The van der Waals surface area contributed by atoms with Gasteiger partial charge in [0.15, 0.2) is 0 Å². The zero-order valence-corrected chi connectivity index (χ0v) is 17.1. The van der Waals surface area contributed by atoms with Crippen LogP contribution < -0.4 is 21.1 Å². The van der Waals surface area contributed by atoms with E-state index in [1.807, 2.05) is 6.92 Å². The van der Waals surface area contributed by atoms with Crippen LogP contribution in [0, 0.1) is 0 Å². The van der Waals surface area contributed by atoms with Crippen LogP contribution in [0.1, 0.15) is 63.5 Å². The van der Waals surface area contributed by atoms with Crippen molar-refractivity contribution in [2.75, 3.05) is 6.54 Å². The summed E-state index contributed by atoms with van der Waals surface area (Å²) in [5.41, 5.74) is 0.783. The molecule has 0 spiro atoms. The van der Waals surface area contributed by atoms with Gasteiger partial charge in [0.05, 0.1) is 10.9 Å². The summed E-state index contributed by atoms with van der Waals surface area (Å²) in [6.07, 6.45) is 6.47. The average molecular weight is 411 g/mol. The molecule has 0 aromatic heterocycles. The second kappa shape index (κ2) is 10.4. The lowest BCUT2D eigenvalue weighted by atomic mass is 9.96. The number of rotatable bonds is 8. The smallest absolute Gasteiger partial charge is 0.315 e. The number of nitrogens with two attached hydrogens (primary N) is 1. The molecular formula is C19H30N4O4S. The fraction of sp³-hybridized carbons (Fsp3) is 0.579. The van der Waals surface area contributed by atoms with Gasteiger partial charge in [0.2, 0.25) is 15.9 Å². The van der Waals surface area contributed by atoms with Crippen LogP contribution in [0.2, 0.25) is 0 Å². The maximum absolute atomic E-state index is 12.1. The van der Waals surface area contributed by atoms with E-state index in [1.165, 1.54) is 18.6 Å². The molecule has 0 heterocycles. The zero-order chi connectivity index (χ0) is 20.6. The molecule has 0 saturated heterocycles. The molecule has 1 fully saturated rings. The summed E-state index contributed by atoms with van der Waals surface area (Å²) in [4.78, 5) is 23.9. The van der Waals surface area contributed by atoms with Crippen LogP contribution in [0.25, 0.3) is 0 Å². The minimum atomic E-state index is -3.73. The Bertz CT molecular complexity index is 759. The third-order valence-electron chi connectivity index (χ3n) is 4.89. The van der Waals surface area contributed by atoms with Gasteiger partial charge in [-0.15, -0.1) is 0 Å². The molecule has 28 heavy (non-hydrogen) atoms. The highest BCUT2D eigenvalue weighted by atomic mass is 32.2. The van der Waals surface area contributed by atoms with Gasteiger partial charge in [0.1, 0.15) is 0 Å². The van der Waals surface area contributed by atoms with Crippen molar-refractivity contribution in [1.82, 2.24) is 16.0 Å². The van der Waals surface area contributed by atoms with E-state index >= 15 is 0 Å². The van der Waals surface area contributed by atoms with Crippen molar-refractivity contribution in [3.8, 4) is 0 Å². The minimum absolute atomic E-state index is 0.0346. The maximum Gasteiger partial charge on any atom is 0.315 e. The van der Waals surface area contributed by atoms with Crippen LogP contribution in [0.5, 0.6) is 0 Å². The van der Waals surface area contributed by atoms with E-state index in [2.05, 4.69) is 16.0 Å². The second-order valence-electron chi connectivity index (χ2n) is 7.24. The lowest BCUT2D eigenvalue weighted by molar-refractivity contribution is -0.121. The van der Waals surface area contributed by atoms with Gasteiger partial charge in [-0.2, -0.15) is 0 Å². The van der Waals surface area contributed by atoms with Gasteiger partial charge in [0.25, 0.3) is 0 Å². The van der Waals surface area contributed by atoms with Gasteiger partial charge in [-0.3, -0.25) is 4.79 Å². The predicted octanol–water partition coefficient (Wildman–Crippen LogP) is 1.92. The van der Waals surface area contributed by atoms with E-state index in [0.29, 0.717) is 19.4 Å². The molecule has 1 aromatic carbocycles. The quantitative estimate of drug-likeness (QED) is 0.488. The molecule has 0 bridgehead atoms. The average Bonchev–Trinajstić information content (AvgIpc) is 2.65. The molecule has 2 rings (SSSR count). The van der Waals surface area contributed by atoms with E-state index in [0.717, 1.165) is 31.2 Å². The van der Waals surface area contributed by atoms with Crippen molar-refractivity contribution < 1.29 is 18.0 Å². The van der Waals surface area contributed by atoms with E-state index in [9.17, 15) is 18.0 Å². The Hall–Kier alpha value is -2.13. The molecule has 9 heteroatoms. The summed E-state index contributed by atoms with van der Waals surface area (Å²) >= 11 is 0. The monoisotopic (exact) mass is 410 g/mol. The first-order valence-electron chi connectivity index (χ1n) is 9.72. The molecule has 1 aromatic rings. The fourth-order valence-electron chi connectivity index (χ4n) is 3.28. The summed E-state index contributed by atoms with van der Waals surface area (Å²) in [5, 5.41) is 13.7. The Morgan fingerprint density at radius 3 is 2.39 bits per heavy atom. The Balaban J connectivity index is 1.65. The normalized spacial score (nSPS) is 16.2. The largest absolute Gasteiger partial charge is 0.350 e. The number of carbonyl (C=O) groups excluding carboxylic acids is 2. The van der Waals surface area contributed by atoms with E-state index in [-0.39, 0.29) is 28.9 Å². The third kappa shape index (κ3) is 7.47. The topological polar surface area (TPSA) is 130 Å². The van der Waals surface area contributed by atoms with Gasteiger partial charge in [-0.1, -0.05) is 31.4 Å². The van der Waals surface area contributed by atoms with Crippen LogP contribution in [0.15, 0.2) is 29.2 Å². The summed E-state index contributed by atoms with van der Waals surface area (Å²) in [7, 11) is -3.73. The van der Waals surface area contributed by atoms with Gasteiger partial charge < -0.3 is 16.0 Å². The van der Waals surface area contributed by atoms with Gasteiger partial charge >= 0.3 is 6.03 Å². The van der Waals surface area contributed by atoms with E-state index < -0.39 is 10.0 Å². The van der Waals surface area contributed by atoms with Gasteiger partial charge in [-0.25, -0.2) is 18.4 Å². The Morgan fingerprint density at radius 1 is 1.14 bits per heavy atom. The number of carbonyl (C=O) groups is 2. The molecule has 156 valence electrons. The first-order chi connectivity index (χ1) is 13.3. The molecule has 5 N–H and O–H groups in total. The number of hydrogen-bond donors (Lipinski definition) is 4. The third-order valence-corrected chi connectivity index (χ3v) is 5.82. The SMILES string of the molecule is CC(NC(=O)CCCNC(=O)NC1CCCCC1)c1ccc(S(N)(=O)=O)cc1. The van der Waals surface area contributed by atoms with Gasteiger partial charge in [0, 0.05) is 19.0 Å². The Morgan fingerprint density at radius 2 is 1.79 bits per heavy atom. The van der Waals surface area contributed by atoms with Crippen LogP contribution in [-0.2, 0) is 14.8 Å². The molecule has 1 aliphatic rings. The highest BCUT2D eigenvalue weighted by molar-refractivity contribution is 7.89. The van der Waals surface area contributed by atoms with Crippen molar-refractivity contribution in [1.29, 1.82) is 0 Å². The van der Waals surface area contributed by atoms with Crippen molar-refractivity contribution in [2.45, 2.75) is 68.8 Å². The summed E-state index contributed by atoms with van der Waals surface area (Å²) in [6, 6.07) is 5.92. The first-order valence-corrected chi connectivity index (χ1v) is 11.3. The standard InChI is InChI=1S/C19H30N4O4S/c1-14(15-9-11-17(12-10-15)28(20,26)27)22-18(24)8-5-13-21-19(25)23-16-6-3-2-4-7-16/h9-12,14,16H,2-8,13H2,1H3,(H,22,24)(H2,20,26,27)(H2,21,23,25). The summed E-state index contributed by atoms with van der Waals surface area (Å²) < 4.78 is 22.5. The van der Waals surface area contributed by atoms with Crippen molar-refractivity contribution in [3.05, 3.63) is 29.8 Å². The van der Waals surface area contributed by atoms with Gasteiger partial charge in [-0.05, 0) is 43.9 Å². The van der Waals surface area contributed by atoms with Crippen molar-refractivity contribution in [2.24, 2.45) is 5.14 Å². The Kier molecular flexibility index (Phi) is 8.25. The molecule has 1 atom stereocenters. The molecule has 8 nitrogen and oxygen atoms in total. The number of urea groups is 1. The van der Waals surface area contributed by atoms with Crippen LogP contribution >= 0.6 is 0 Å². The second-order valence-corrected chi connectivity index (χ2v) is 8.80. The number of nitrogens with one attached hydrogen (secondary N) is 3. The molecule has 0 aliphatic heterocycles. The number of primary sulfonamides is 1. The van der Waals surface area contributed by atoms with Crippen molar-refractivity contribution >= 4 is 22.0 Å². The highest BCUT2D eigenvalue weighted by Gasteiger charge is 2.15. The Labute approximate surface area is 166 Å². The number of hydrogen-bond acceptors (Lipinski definition) is 4. The lowest BCUT2D eigenvalue weighted by Crippen LogP contribution is -2.43. The predicted molar refractivity (Wildman–Crippen MR) is 107 cm³/mol. The number of benzene rings is 1. The first kappa shape index (κ1) is 22.2. The van der Waals surface area contributed by atoms with Crippen LogP contribution in [0.4, 0.5) is 4.79 Å². The molecule has 1 unspecified atom stereocenters. The van der Waals surface area contributed by atoms with Crippen LogP contribution in [0.3, 0.4) is 0 Å². The zero-order valence-electron chi connectivity index (χ0n) is 16.2.